The molecule has 0 saturated heterocycles. The van der Waals surface area contributed by atoms with Crippen LogP contribution in [0.4, 0.5) is 5.69 Å². The van der Waals surface area contributed by atoms with Crippen LogP contribution in [0, 0.1) is 12.8 Å². The van der Waals surface area contributed by atoms with E-state index < -0.39 is 6.04 Å². The summed E-state index contributed by atoms with van der Waals surface area (Å²) in [5.41, 5.74) is 2.53. The predicted molar refractivity (Wildman–Crippen MR) is 115 cm³/mol. The third-order valence-electron chi connectivity index (χ3n) is 4.52. The van der Waals surface area contributed by atoms with Crippen molar-refractivity contribution in [2.24, 2.45) is 5.92 Å². The maximum Gasteiger partial charge on any atom is 0.253 e. The number of benzene rings is 2. The molecule has 0 aliphatic carbocycles. The first-order valence-corrected chi connectivity index (χ1v) is 9.68. The first-order chi connectivity index (χ1) is 13.7. The highest BCUT2D eigenvalue weighted by atomic mass is 16.2. The molecule has 2 N–H and O–H groups in total. The van der Waals surface area contributed by atoms with Crippen molar-refractivity contribution in [3.8, 4) is 0 Å². The minimum atomic E-state index is -0.662. The molecular weight excluding hydrogens is 366 g/mol. The van der Waals surface area contributed by atoms with E-state index in [0.29, 0.717) is 23.2 Å². The van der Waals surface area contributed by atoms with Crippen LogP contribution in [-0.2, 0) is 4.79 Å². The number of carbonyl (C=O) groups is 3. The largest absolute Gasteiger partial charge is 0.345 e. The second-order valence-electron chi connectivity index (χ2n) is 7.74. The molecule has 2 aromatic rings. The van der Waals surface area contributed by atoms with Gasteiger partial charge in [-0.25, -0.2) is 0 Å². The van der Waals surface area contributed by atoms with Crippen LogP contribution < -0.4 is 10.6 Å². The predicted octanol–water partition coefficient (Wildman–Crippen LogP) is 3.48. The highest BCUT2D eigenvalue weighted by Crippen LogP contribution is 2.14. The number of rotatable bonds is 7. The fourth-order valence-corrected chi connectivity index (χ4v) is 2.95. The normalized spacial score (nSPS) is 11.7. The van der Waals surface area contributed by atoms with Crippen LogP contribution in [0.3, 0.4) is 0 Å². The Hall–Kier alpha value is -3.15. The van der Waals surface area contributed by atoms with Gasteiger partial charge >= 0.3 is 0 Å². The first kappa shape index (κ1) is 22.1. The van der Waals surface area contributed by atoms with E-state index in [2.05, 4.69) is 10.6 Å². The van der Waals surface area contributed by atoms with E-state index in [9.17, 15) is 14.4 Å². The lowest BCUT2D eigenvalue weighted by molar-refractivity contribution is -0.118. The fraction of sp³-hybridized carbons (Fsp3) is 0.348. The molecule has 0 spiro atoms. The molecule has 3 amide bonds. The zero-order valence-corrected chi connectivity index (χ0v) is 17.7. The van der Waals surface area contributed by atoms with Gasteiger partial charge in [0.1, 0.15) is 6.04 Å². The van der Waals surface area contributed by atoms with Gasteiger partial charge in [-0.2, -0.15) is 0 Å². The van der Waals surface area contributed by atoms with Gasteiger partial charge in [0.25, 0.3) is 11.8 Å². The lowest BCUT2D eigenvalue weighted by atomic mass is 10.0. The van der Waals surface area contributed by atoms with Crippen LogP contribution in [0.2, 0.25) is 0 Å². The number of hydrogen-bond donors (Lipinski definition) is 2. The van der Waals surface area contributed by atoms with Gasteiger partial charge < -0.3 is 15.5 Å². The van der Waals surface area contributed by atoms with Crippen molar-refractivity contribution in [2.75, 3.05) is 19.4 Å². The molecule has 0 aliphatic rings. The molecule has 2 aromatic carbocycles. The Labute approximate surface area is 172 Å². The van der Waals surface area contributed by atoms with Gasteiger partial charge in [0.05, 0.1) is 0 Å². The van der Waals surface area contributed by atoms with Crippen LogP contribution in [0.1, 0.15) is 46.5 Å². The monoisotopic (exact) mass is 395 g/mol. The Morgan fingerprint density at radius 1 is 0.966 bits per heavy atom. The molecule has 154 valence electrons. The van der Waals surface area contributed by atoms with Crippen LogP contribution in [0.5, 0.6) is 0 Å². The van der Waals surface area contributed by atoms with Crippen molar-refractivity contribution in [3.05, 3.63) is 65.2 Å². The molecule has 1 atom stereocenters. The maximum atomic E-state index is 12.8. The maximum absolute atomic E-state index is 12.8. The van der Waals surface area contributed by atoms with Crippen molar-refractivity contribution in [3.63, 3.8) is 0 Å². The molecule has 0 aromatic heterocycles. The fourth-order valence-electron chi connectivity index (χ4n) is 2.95. The summed E-state index contributed by atoms with van der Waals surface area (Å²) in [4.78, 5) is 39.0. The number of anilines is 1. The molecule has 29 heavy (non-hydrogen) atoms. The van der Waals surface area contributed by atoms with Crippen LogP contribution in [-0.4, -0.2) is 42.8 Å². The quantitative estimate of drug-likeness (QED) is 0.753. The lowest BCUT2D eigenvalue weighted by Gasteiger charge is -2.21. The second kappa shape index (κ2) is 9.87. The molecular formula is C23H29N3O3. The van der Waals surface area contributed by atoms with Crippen molar-refractivity contribution in [2.45, 2.75) is 33.2 Å². The van der Waals surface area contributed by atoms with Gasteiger partial charge in [-0.05, 0) is 55.2 Å². The van der Waals surface area contributed by atoms with Crippen molar-refractivity contribution < 1.29 is 14.4 Å². The summed E-state index contributed by atoms with van der Waals surface area (Å²) in [6.45, 7) is 5.87. The smallest absolute Gasteiger partial charge is 0.253 e. The van der Waals surface area contributed by atoms with Crippen LogP contribution in [0.25, 0.3) is 0 Å². The molecule has 0 saturated carbocycles. The Morgan fingerprint density at radius 2 is 1.59 bits per heavy atom. The number of hydrogen-bond acceptors (Lipinski definition) is 3. The van der Waals surface area contributed by atoms with E-state index in [4.69, 9.17) is 0 Å². The number of nitrogens with zero attached hydrogens (tertiary/aromatic N) is 1. The lowest BCUT2D eigenvalue weighted by Crippen LogP contribution is -2.44. The average molecular weight is 396 g/mol. The van der Waals surface area contributed by atoms with E-state index in [1.165, 1.54) is 4.90 Å². The van der Waals surface area contributed by atoms with Crippen molar-refractivity contribution >= 4 is 23.4 Å². The Kier molecular flexibility index (Phi) is 7.53. The van der Waals surface area contributed by atoms with Gasteiger partial charge in [0.2, 0.25) is 5.91 Å². The molecule has 0 heterocycles. The van der Waals surface area contributed by atoms with Crippen molar-refractivity contribution in [1.82, 2.24) is 10.2 Å². The number of carbonyl (C=O) groups excluding carboxylic acids is 3. The molecule has 0 fully saturated rings. The van der Waals surface area contributed by atoms with Crippen LogP contribution >= 0.6 is 0 Å². The van der Waals surface area contributed by atoms with E-state index in [1.807, 2.05) is 32.9 Å². The van der Waals surface area contributed by atoms with E-state index in [-0.39, 0.29) is 23.6 Å². The second-order valence-corrected chi connectivity index (χ2v) is 7.74. The van der Waals surface area contributed by atoms with E-state index >= 15 is 0 Å². The topological polar surface area (TPSA) is 78.5 Å². The molecule has 1 unspecified atom stereocenters. The van der Waals surface area contributed by atoms with Gasteiger partial charge in [-0.15, -0.1) is 0 Å². The van der Waals surface area contributed by atoms with Gasteiger partial charge in [-0.3, -0.25) is 14.4 Å². The van der Waals surface area contributed by atoms with Crippen LogP contribution in [0.15, 0.2) is 48.5 Å². The first-order valence-electron chi connectivity index (χ1n) is 9.68. The summed E-state index contributed by atoms with van der Waals surface area (Å²) in [7, 11) is 3.37. The summed E-state index contributed by atoms with van der Waals surface area (Å²) in [6.07, 6.45) is 0.515. The summed E-state index contributed by atoms with van der Waals surface area (Å²) < 4.78 is 0. The Bertz CT molecular complexity index is 873. The molecule has 2 rings (SSSR count). The minimum absolute atomic E-state index is 0.106. The highest BCUT2D eigenvalue weighted by Gasteiger charge is 2.23. The standard InChI is InChI=1S/C23H29N3O3/c1-15(2)14-20(25-21(27)19-9-7-6-8-16(19)3)22(28)24-18-12-10-17(11-13-18)23(29)26(4)5/h6-13,15,20H,14H2,1-5H3,(H,24,28)(H,25,27). The average Bonchev–Trinajstić information content (AvgIpc) is 2.67. The Morgan fingerprint density at radius 3 is 2.14 bits per heavy atom. The molecule has 0 radical (unpaired) electrons. The number of aryl methyl sites for hydroxylation is 1. The van der Waals surface area contributed by atoms with E-state index in [1.54, 1.807) is 50.5 Å². The van der Waals surface area contributed by atoms with Crippen molar-refractivity contribution in [1.29, 1.82) is 0 Å². The third-order valence-corrected chi connectivity index (χ3v) is 4.52. The van der Waals surface area contributed by atoms with Gasteiger partial charge in [0, 0.05) is 30.9 Å². The zero-order chi connectivity index (χ0) is 21.6. The number of amides is 3. The minimum Gasteiger partial charge on any atom is -0.345 e. The highest BCUT2D eigenvalue weighted by molar-refractivity contribution is 6.02. The summed E-state index contributed by atoms with van der Waals surface area (Å²) >= 11 is 0. The van der Waals surface area contributed by atoms with Gasteiger partial charge in [-0.1, -0.05) is 32.0 Å². The molecule has 0 aliphatic heterocycles. The summed E-state index contributed by atoms with van der Waals surface area (Å²) in [6, 6.07) is 13.3. The summed E-state index contributed by atoms with van der Waals surface area (Å²) in [5.74, 6) is -0.433. The van der Waals surface area contributed by atoms with Gasteiger partial charge in [0.15, 0.2) is 0 Å². The SMILES string of the molecule is Cc1ccccc1C(=O)NC(CC(C)C)C(=O)Nc1ccc(C(=O)N(C)C)cc1. The Balaban J connectivity index is 2.11. The zero-order valence-electron chi connectivity index (χ0n) is 17.7. The third kappa shape index (κ3) is 6.17. The molecule has 0 bridgehead atoms. The summed E-state index contributed by atoms with van der Waals surface area (Å²) in [5, 5.41) is 5.69. The van der Waals surface area contributed by atoms with E-state index in [0.717, 1.165) is 5.56 Å². The molecule has 6 heteroatoms. The number of nitrogens with one attached hydrogen (secondary N) is 2. The molecule has 6 nitrogen and oxygen atoms in total.